The number of ether oxygens (including phenoxy) is 1. The molecule has 25 heavy (non-hydrogen) atoms. The second kappa shape index (κ2) is 7.36. The van der Waals surface area contributed by atoms with E-state index in [9.17, 15) is 0 Å². The van der Waals surface area contributed by atoms with Crippen LogP contribution in [0.15, 0.2) is 36.4 Å². The summed E-state index contributed by atoms with van der Waals surface area (Å²) in [5.74, 6) is 0. The van der Waals surface area contributed by atoms with E-state index in [4.69, 9.17) is 10.5 Å². The molecule has 1 fully saturated rings. The molecule has 0 radical (unpaired) electrons. The van der Waals surface area contributed by atoms with E-state index in [1.165, 1.54) is 28.1 Å². The molecule has 3 N–H and O–H groups in total. The van der Waals surface area contributed by atoms with Crippen molar-refractivity contribution in [2.45, 2.75) is 46.4 Å². The summed E-state index contributed by atoms with van der Waals surface area (Å²) >= 11 is 0. The van der Waals surface area contributed by atoms with Crippen molar-refractivity contribution in [3.63, 3.8) is 0 Å². The van der Waals surface area contributed by atoms with Crippen LogP contribution in [-0.4, -0.2) is 25.3 Å². The van der Waals surface area contributed by atoms with Gasteiger partial charge in [-0.25, -0.2) is 0 Å². The number of hydrogen-bond acceptors (Lipinski definition) is 4. The second-order valence-electron chi connectivity index (χ2n) is 7.14. The molecule has 2 aromatic rings. The Labute approximate surface area is 151 Å². The lowest BCUT2D eigenvalue weighted by molar-refractivity contribution is -0.00524. The summed E-state index contributed by atoms with van der Waals surface area (Å²) in [4.78, 5) is 2.45. The Bertz CT molecular complexity index is 717. The summed E-state index contributed by atoms with van der Waals surface area (Å²) in [6, 6.07) is 12.4. The largest absolute Gasteiger partial charge is 0.399 e. The molecule has 0 spiro atoms. The lowest BCUT2D eigenvalue weighted by Crippen LogP contribution is -2.45. The van der Waals surface area contributed by atoms with E-state index >= 15 is 0 Å². The molecule has 4 heteroatoms. The minimum atomic E-state index is 0.270. The standard InChI is InChI=1S/C21H29N3O/c1-14-12-24(13-15(2)25-14)21-10-9-20(16(3)17(21)4)23-11-18-5-7-19(22)8-6-18/h5-10,14-15,23H,11-13,22H2,1-4H3/t14-,15+. The van der Waals surface area contributed by atoms with E-state index in [2.05, 4.69) is 62.2 Å². The third-order valence-corrected chi connectivity index (χ3v) is 4.98. The molecular weight excluding hydrogens is 310 g/mol. The first-order valence-corrected chi connectivity index (χ1v) is 9.03. The van der Waals surface area contributed by atoms with Gasteiger partial charge >= 0.3 is 0 Å². The highest BCUT2D eigenvalue weighted by atomic mass is 16.5. The summed E-state index contributed by atoms with van der Waals surface area (Å²) in [5, 5.41) is 3.55. The van der Waals surface area contributed by atoms with Gasteiger partial charge in [-0.1, -0.05) is 12.1 Å². The van der Waals surface area contributed by atoms with E-state index < -0.39 is 0 Å². The van der Waals surface area contributed by atoms with Crippen LogP contribution >= 0.6 is 0 Å². The van der Waals surface area contributed by atoms with E-state index in [0.29, 0.717) is 0 Å². The number of hydrogen-bond donors (Lipinski definition) is 2. The Morgan fingerprint density at radius 1 is 1.00 bits per heavy atom. The van der Waals surface area contributed by atoms with Crippen LogP contribution in [0.4, 0.5) is 17.1 Å². The van der Waals surface area contributed by atoms with Gasteiger partial charge in [0, 0.05) is 36.7 Å². The number of nitrogens with zero attached hydrogens (tertiary/aromatic N) is 1. The summed E-state index contributed by atoms with van der Waals surface area (Å²) in [5.41, 5.74) is 12.9. The Morgan fingerprint density at radius 3 is 2.28 bits per heavy atom. The Kier molecular flexibility index (Phi) is 5.19. The highest BCUT2D eigenvalue weighted by molar-refractivity contribution is 5.66. The van der Waals surface area contributed by atoms with Crippen LogP contribution in [0, 0.1) is 13.8 Å². The molecule has 0 saturated carbocycles. The first-order valence-electron chi connectivity index (χ1n) is 9.03. The summed E-state index contributed by atoms with van der Waals surface area (Å²) in [6.07, 6.45) is 0.540. The van der Waals surface area contributed by atoms with Gasteiger partial charge in [0.25, 0.3) is 0 Å². The lowest BCUT2D eigenvalue weighted by Gasteiger charge is -2.38. The molecular formula is C21H29N3O. The maximum atomic E-state index is 5.86. The SMILES string of the molecule is Cc1c(NCc2ccc(N)cc2)ccc(N2C[C@@H](C)O[C@@H](C)C2)c1C. The molecule has 134 valence electrons. The van der Waals surface area contributed by atoms with Crippen LogP contribution in [0.1, 0.15) is 30.5 Å². The predicted octanol–water partition coefficient (Wildman–Crippen LogP) is 4.11. The first-order chi connectivity index (χ1) is 11.9. The fourth-order valence-electron chi connectivity index (χ4n) is 3.55. The fraction of sp³-hybridized carbons (Fsp3) is 0.429. The van der Waals surface area contributed by atoms with Crippen molar-refractivity contribution in [1.82, 2.24) is 0 Å². The molecule has 0 unspecified atom stereocenters. The second-order valence-corrected chi connectivity index (χ2v) is 7.14. The van der Waals surface area contributed by atoms with Gasteiger partial charge in [0.05, 0.1) is 12.2 Å². The zero-order chi connectivity index (χ0) is 18.0. The van der Waals surface area contributed by atoms with Gasteiger partial charge in [-0.05, 0) is 68.7 Å². The zero-order valence-corrected chi connectivity index (χ0v) is 15.7. The van der Waals surface area contributed by atoms with Crippen LogP contribution in [0.5, 0.6) is 0 Å². The zero-order valence-electron chi connectivity index (χ0n) is 15.7. The first kappa shape index (κ1) is 17.6. The Hall–Kier alpha value is -2.20. The molecule has 1 heterocycles. The highest BCUT2D eigenvalue weighted by Crippen LogP contribution is 2.30. The number of nitrogens with two attached hydrogens (primary N) is 1. The number of nitrogen functional groups attached to an aromatic ring is 1. The molecule has 3 rings (SSSR count). The van der Waals surface area contributed by atoms with Gasteiger partial charge in [0.1, 0.15) is 0 Å². The number of morpholine rings is 1. The molecule has 2 atom stereocenters. The normalized spacial score (nSPS) is 20.6. The molecule has 4 nitrogen and oxygen atoms in total. The van der Waals surface area contributed by atoms with E-state index in [1.54, 1.807) is 0 Å². The fourth-order valence-corrected chi connectivity index (χ4v) is 3.55. The quantitative estimate of drug-likeness (QED) is 0.823. The van der Waals surface area contributed by atoms with Crippen LogP contribution in [-0.2, 0) is 11.3 Å². The third kappa shape index (κ3) is 4.07. The molecule has 2 aromatic carbocycles. The maximum absolute atomic E-state index is 5.86. The van der Waals surface area contributed by atoms with Crippen LogP contribution in [0.3, 0.4) is 0 Å². The molecule has 0 aromatic heterocycles. The minimum Gasteiger partial charge on any atom is -0.399 e. The van der Waals surface area contributed by atoms with Crippen molar-refractivity contribution in [2.24, 2.45) is 0 Å². The van der Waals surface area contributed by atoms with Crippen molar-refractivity contribution < 1.29 is 4.74 Å². The molecule has 1 aliphatic heterocycles. The monoisotopic (exact) mass is 339 g/mol. The number of anilines is 3. The number of benzene rings is 2. The van der Waals surface area contributed by atoms with Gasteiger partial charge in [0.15, 0.2) is 0 Å². The summed E-state index contributed by atoms with van der Waals surface area (Å²) < 4.78 is 5.86. The van der Waals surface area contributed by atoms with Crippen LogP contribution < -0.4 is 16.0 Å². The topological polar surface area (TPSA) is 50.5 Å². The Balaban J connectivity index is 1.74. The molecule has 1 saturated heterocycles. The van der Waals surface area contributed by atoms with Gasteiger partial charge < -0.3 is 20.7 Å². The third-order valence-electron chi connectivity index (χ3n) is 4.98. The minimum absolute atomic E-state index is 0.270. The lowest BCUT2D eigenvalue weighted by atomic mass is 10.0. The van der Waals surface area contributed by atoms with E-state index in [0.717, 1.165) is 25.3 Å². The summed E-state index contributed by atoms with van der Waals surface area (Å²) in [7, 11) is 0. The Morgan fingerprint density at radius 2 is 1.64 bits per heavy atom. The molecule has 0 bridgehead atoms. The average molecular weight is 339 g/mol. The van der Waals surface area contributed by atoms with Crippen LogP contribution in [0.25, 0.3) is 0 Å². The molecule has 0 amide bonds. The maximum Gasteiger partial charge on any atom is 0.0726 e. The van der Waals surface area contributed by atoms with Crippen LogP contribution in [0.2, 0.25) is 0 Å². The van der Waals surface area contributed by atoms with Crippen molar-refractivity contribution in [1.29, 1.82) is 0 Å². The van der Waals surface area contributed by atoms with E-state index in [-0.39, 0.29) is 12.2 Å². The van der Waals surface area contributed by atoms with Gasteiger partial charge in [-0.2, -0.15) is 0 Å². The number of nitrogens with one attached hydrogen (secondary N) is 1. The van der Waals surface area contributed by atoms with Gasteiger partial charge in [0.2, 0.25) is 0 Å². The van der Waals surface area contributed by atoms with Crippen molar-refractivity contribution >= 4 is 17.1 Å². The smallest absolute Gasteiger partial charge is 0.0726 e. The number of rotatable bonds is 4. The summed E-state index contributed by atoms with van der Waals surface area (Å²) in [6.45, 7) is 11.4. The van der Waals surface area contributed by atoms with Crippen molar-refractivity contribution in [2.75, 3.05) is 29.0 Å². The van der Waals surface area contributed by atoms with Crippen molar-refractivity contribution in [3.8, 4) is 0 Å². The molecule has 1 aliphatic rings. The highest BCUT2D eigenvalue weighted by Gasteiger charge is 2.24. The van der Waals surface area contributed by atoms with E-state index in [1.807, 2.05) is 12.1 Å². The van der Waals surface area contributed by atoms with Crippen molar-refractivity contribution in [3.05, 3.63) is 53.1 Å². The average Bonchev–Trinajstić information content (AvgIpc) is 2.57. The van der Waals surface area contributed by atoms with Gasteiger partial charge in [-0.3, -0.25) is 0 Å². The predicted molar refractivity (Wildman–Crippen MR) is 106 cm³/mol. The van der Waals surface area contributed by atoms with Gasteiger partial charge in [-0.15, -0.1) is 0 Å². The molecule has 0 aliphatic carbocycles.